The number of aryl methyl sites for hydroxylation is 1. The van der Waals surface area contributed by atoms with Crippen LogP contribution in [-0.4, -0.2) is 51.7 Å². The Morgan fingerprint density at radius 1 is 1.17 bits per heavy atom. The van der Waals surface area contributed by atoms with Crippen LogP contribution in [0.25, 0.3) is 22.3 Å². The summed E-state index contributed by atoms with van der Waals surface area (Å²) in [5.41, 5.74) is 4.42. The smallest absolute Gasteiger partial charge is 0.340 e. The number of ether oxygens (including phenoxy) is 1. The van der Waals surface area contributed by atoms with E-state index < -0.39 is 12.1 Å². The van der Waals surface area contributed by atoms with Gasteiger partial charge in [0.05, 0.1) is 29.0 Å². The lowest BCUT2D eigenvalue weighted by Gasteiger charge is -2.28. The number of aliphatic hydroxyl groups excluding tert-OH is 1. The summed E-state index contributed by atoms with van der Waals surface area (Å²) >= 11 is 0. The number of nitrogens with zero attached hydrogens (tertiary/aromatic N) is 3. The first kappa shape index (κ1) is 23.6. The van der Waals surface area contributed by atoms with E-state index in [2.05, 4.69) is 10.2 Å². The molecule has 1 fully saturated rings. The van der Waals surface area contributed by atoms with Gasteiger partial charge >= 0.3 is 5.97 Å². The van der Waals surface area contributed by atoms with Crippen LogP contribution in [0.15, 0.2) is 23.0 Å². The maximum Gasteiger partial charge on any atom is 0.340 e. The number of piperazine rings is 1. The summed E-state index contributed by atoms with van der Waals surface area (Å²) in [5, 5.41) is 14.6. The van der Waals surface area contributed by atoms with Gasteiger partial charge in [-0.15, -0.1) is 0 Å². The van der Waals surface area contributed by atoms with Crippen molar-refractivity contribution in [1.82, 2.24) is 19.8 Å². The van der Waals surface area contributed by atoms with Crippen LogP contribution in [0.2, 0.25) is 0 Å². The summed E-state index contributed by atoms with van der Waals surface area (Å²) in [6.07, 6.45) is -1.50. The first-order chi connectivity index (χ1) is 16.9. The van der Waals surface area contributed by atoms with E-state index in [1.807, 2.05) is 19.9 Å². The Kier molecular flexibility index (Phi) is 6.16. The van der Waals surface area contributed by atoms with Crippen molar-refractivity contribution in [1.29, 1.82) is 0 Å². The van der Waals surface area contributed by atoms with Crippen molar-refractivity contribution >= 4 is 16.9 Å². The van der Waals surface area contributed by atoms with E-state index in [1.54, 1.807) is 17.6 Å². The lowest BCUT2D eigenvalue weighted by Crippen LogP contribution is -2.43. The van der Waals surface area contributed by atoms with Crippen molar-refractivity contribution in [3.8, 4) is 11.4 Å². The fraction of sp³-hybridized carbons (Fsp3) is 0.423. The van der Waals surface area contributed by atoms with Crippen LogP contribution in [0.1, 0.15) is 47.8 Å². The average Bonchev–Trinajstić information content (AvgIpc) is 3.23. The number of nitrogens with one attached hydrogen (secondary N) is 1. The van der Waals surface area contributed by atoms with Crippen LogP contribution in [0.4, 0.5) is 4.39 Å². The van der Waals surface area contributed by atoms with Crippen molar-refractivity contribution in [3.63, 3.8) is 0 Å². The molecule has 0 saturated carbocycles. The Morgan fingerprint density at radius 3 is 2.66 bits per heavy atom. The summed E-state index contributed by atoms with van der Waals surface area (Å²) < 4.78 is 21.1. The van der Waals surface area contributed by atoms with Crippen molar-refractivity contribution in [2.75, 3.05) is 26.2 Å². The fourth-order valence-electron chi connectivity index (χ4n) is 5.11. The third-order valence-corrected chi connectivity index (χ3v) is 6.95. The number of rotatable bonds is 2. The normalized spacial score (nSPS) is 18.9. The standard InChI is InChI=1S/C24H23FN4O4.C2H6/c1-12-6-13-15(9-28-4-2-26-3-5-28)16-10-29-20(21(16)27-19(13)8-18(12)25)7-14-17(23(29)31)11-33-24(32)22(14)30;1-2/h6-8,22,26,30H,2-5,9-11H2,1H3;1-2H3. The number of carbonyl (C=O) groups is 1. The molecule has 0 aliphatic carbocycles. The molecule has 8 nitrogen and oxygen atoms in total. The number of hydrogen-bond donors (Lipinski definition) is 2. The highest BCUT2D eigenvalue weighted by atomic mass is 19.1. The van der Waals surface area contributed by atoms with E-state index in [1.165, 1.54) is 6.07 Å². The topological polar surface area (TPSA) is 96.7 Å². The molecule has 184 valence electrons. The fourth-order valence-corrected chi connectivity index (χ4v) is 5.11. The number of hydrogen-bond acceptors (Lipinski definition) is 7. The quantitative estimate of drug-likeness (QED) is 0.425. The number of pyridine rings is 2. The Hall–Kier alpha value is -3.14. The number of cyclic esters (lactones) is 1. The van der Waals surface area contributed by atoms with E-state index in [-0.39, 0.29) is 29.1 Å². The van der Waals surface area contributed by atoms with Gasteiger partial charge in [0.15, 0.2) is 6.10 Å². The van der Waals surface area contributed by atoms with Crippen LogP contribution in [0.3, 0.4) is 0 Å². The second kappa shape index (κ2) is 9.14. The minimum absolute atomic E-state index is 0.159. The second-order valence-electron chi connectivity index (χ2n) is 8.93. The van der Waals surface area contributed by atoms with E-state index in [0.29, 0.717) is 35.6 Å². The average molecular weight is 481 g/mol. The van der Waals surface area contributed by atoms with Gasteiger partial charge < -0.3 is 19.7 Å². The molecule has 1 atom stereocenters. The Morgan fingerprint density at radius 2 is 1.91 bits per heavy atom. The van der Waals surface area contributed by atoms with Crippen molar-refractivity contribution < 1.29 is 19.0 Å². The number of esters is 1. The Balaban J connectivity index is 0.00000124. The highest BCUT2D eigenvalue weighted by Crippen LogP contribution is 2.38. The molecule has 9 heteroatoms. The van der Waals surface area contributed by atoms with Gasteiger partial charge in [0.2, 0.25) is 0 Å². The maximum atomic E-state index is 14.5. The molecule has 3 aromatic rings. The summed E-state index contributed by atoms with van der Waals surface area (Å²) in [6, 6.07) is 4.94. The maximum absolute atomic E-state index is 14.5. The summed E-state index contributed by atoms with van der Waals surface area (Å²) in [5.74, 6) is -1.10. The van der Waals surface area contributed by atoms with Crippen molar-refractivity contribution in [2.45, 2.75) is 46.6 Å². The van der Waals surface area contributed by atoms with Gasteiger partial charge in [0, 0.05) is 55.3 Å². The number of benzene rings is 1. The molecular formula is C26H29FN4O4. The number of halogens is 1. The summed E-state index contributed by atoms with van der Waals surface area (Å²) in [6.45, 7) is 10.2. The zero-order chi connectivity index (χ0) is 24.9. The molecule has 0 spiro atoms. The molecule has 1 saturated heterocycles. The number of fused-ring (bicyclic) bond motifs is 5. The molecule has 2 N–H and O–H groups in total. The van der Waals surface area contributed by atoms with Gasteiger partial charge in [0.25, 0.3) is 5.56 Å². The molecule has 0 radical (unpaired) electrons. The van der Waals surface area contributed by atoms with E-state index in [0.717, 1.165) is 42.7 Å². The molecule has 0 bridgehead atoms. The minimum Gasteiger partial charge on any atom is -0.458 e. The predicted molar refractivity (Wildman–Crippen MR) is 129 cm³/mol. The van der Waals surface area contributed by atoms with Crippen LogP contribution >= 0.6 is 0 Å². The SMILES string of the molecule is CC.Cc1cc2c(CN3CCNCC3)c3c(nc2cc1F)-c1cc2c(c(=O)n1C3)COC(=O)C2O. The van der Waals surface area contributed by atoms with Gasteiger partial charge in [-0.05, 0) is 30.2 Å². The van der Waals surface area contributed by atoms with Crippen molar-refractivity contribution in [2.24, 2.45) is 0 Å². The molecule has 0 amide bonds. The molecule has 3 aliphatic rings. The first-order valence-electron chi connectivity index (χ1n) is 12.1. The van der Waals surface area contributed by atoms with E-state index in [9.17, 15) is 19.1 Å². The predicted octanol–water partition coefficient (Wildman–Crippen LogP) is 2.39. The van der Waals surface area contributed by atoms with Crippen LogP contribution in [0, 0.1) is 12.7 Å². The zero-order valence-electron chi connectivity index (χ0n) is 20.2. The van der Waals surface area contributed by atoms with Gasteiger partial charge in [-0.2, -0.15) is 0 Å². The molecule has 2 aromatic heterocycles. The highest BCUT2D eigenvalue weighted by Gasteiger charge is 2.35. The highest BCUT2D eigenvalue weighted by molar-refractivity contribution is 5.89. The molecule has 35 heavy (non-hydrogen) atoms. The number of aromatic nitrogens is 2. The van der Waals surface area contributed by atoms with Crippen molar-refractivity contribution in [3.05, 3.63) is 62.2 Å². The molecule has 5 heterocycles. The summed E-state index contributed by atoms with van der Waals surface area (Å²) in [7, 11) is 0. The lowest BCUT2D eigenvalue weighted by atomic mass is 9.97. The molecule has 6 rings (SSSR count). The van der Waals surface area contributed by atoms with Crippen LogP contribution in [-0.2, 0) is 29.2 Å². The van der Waals surface area contributed by atoms with Gasteiger partial charge in [0.1, 0.15) is 12.4 Å². The molecule has 3 aliphatic heterocycles. The number of carbonyl (C=O) groups excluding carboxylic acids is 1. The van der Waals surface area contributed by atoms with E-state index in [4.69, 9.17) is 9.72 Å². The third-order valence-electron chi connectivity index (χ3n) is 6.95. The first-order valence-corrected chi connectivity index (χ1v) is 12.1. The lowest BCUT2D eigenvalue weighted by molar-refractivity contribution is -0.157. The van der Waals surface area contributed by atoms with Gasteiger partial charge in [-0.25, -0.2) is 14.2 Å². The van der Waals surface area contributed by atoms with E-state index >= 15 is 0 Å². The van der Waals surface area contributed by atoms with Gasteiger partial charge in [-0.1, -0.05) is 13.8 Å². The minimum atomic E-state index is -1.50. The van der Waals surface area contributed by atoms with Crippen LogP contribution < -0.4 is 10.9 Å². The second-order valence-corrected chi connectivity index (χ2v) is 8.93. The van der Waals surface area contributed by atoms with Gasteiger partial charge in [-0.3, -0.25) is 9.69 Å². The third kappa shape index (κ3) is 3.84. The zero-order valence-corrected chi connectivity index (χ0v) is 20.2. The Labute approximate surface area is 202 Å². The molecule has 1 unspecified atom stereocenters. The Bertz CT molecular complexity index is 1390. The number of aliphatic hydroxyl groups is 1. The molecular weight excluding hydrogens is 451 g/mol. The monoisotopic (exact) mass is 480 g/mol. The van der Waals surface area contributed by atoms with Crippen LogP contribution in [0.5, 0.6) is 0 Å². The largest absolute Gasteiger partial charge is 0.458 e. The molecule has 1 aromatic carbocycles. The summed E-state index contributed by atoms with van der Waals surface area (Å²) in [4.78, 5) is 32.3.